The van der Waals surface area contributed by atoms with Crippen molar-refractivity contribution in [3.8, 4) is 5.75 Å². The van der Waals surface area contributed by atoms with Crippen molar-refractivity contribution < 1.29 is 14.3 Å². The minimum absolute atomic E-state index is 0.109. The first-order chi connectivity index (χ1) is 12.2. The van der Waals surface area contributed by atoms with E-state index in [0.29, 0.717) is 11.8 Å². The normalized spacial score (nSPS) is 24.1. The van der Waals surface area contributed by atoms with Crippen LogP contribution in [0.15, 0.2) is 24.3 Å². The highest BCUT2D eigenvalue weighted by Crippen LogP contribution is 2.50. The summed E-state index contributed by atoms with van der Waals surface area (Å²) in [6.45, 7) is 4.84. The smallest absolute Gasteiger partial charge is 0.223 e. The minimum atomic E-state index is 0.109. The molecule has 0 bridgehead atoms. The zero-order valence-corrected chi connectivity index (χ0v) is 15.4. The van der Waals surface area contributed by atoms with Crippen molar-refractivity contribution in [3.05, 3.63) is 29.8 Å². The van der Waals surface area contributed by atoms with Gasteiger partial charge in [0.15, 0.2) is 0 Å². The lowest BCUT2D eigenvalue weighted by atomic mass is 9.96. The molecule has 0 spiro atoms. The second-order valence-electron chi connectivity index (χ2n) is 7.21. The van der Waals surface area contributed by atoms with Crippen LogP contribution in [-0.2, 0) is 9.53 Å². The number of amides is 1. The first-order valence-corrected chi connectivity index (χ1v) is 9.34. The Morgan fingerprint density at radius 3 is 2.72 bits per heavy atom. The molecule has 1 aromatic carbocycles. The number of likely N-dealkylation sites (tertiary alicyclic amines) is 1. The molecular weight excluding hydrogens is 316 g/mol. The van der Waals surface area contributed by atoms with E-state index in [2.05, 4.69) is 16.3 Å². The molecule has 0 aromatic heterocycles. The van der Waals surface area contributed by atoms with Gasteiger partial charge in [-0.15, -0.1) is 0 Å². The quantitative estimate of drug-likeness (QED) is 0.785. The van der Waals surface area contributed by atoms with Crippen molar-refractivity contribution in [2.75, 3.05) is 47.0 Å². The molecule has 1 aliphatic carbocycles. The summed E-state index contributed by atoms with van der Waals surface area (Å²) in [6.07, 6.45) is 3.25. The van der Waals surface area contributed by atoms with E-state index in [4.69, 9.17) is 9.47 Å². The summed E-state index contributed by atoms with van der Waals surface area (Å²) < 4.78 is 10.6. The number of rotatable bonds is 8. The molecule has 2 fully saturated rings. The Kier molecular flexibility index (Phi) is 6.32. The summed E-state index contributed by atoms with van der Waals surface area (Å²) in [5.41, 5.74) is 1.16. The fourth-order valence-electron chi connectivity index (χ4n) is 3.81. The molecule has 1 amide bonds. The van der Waals surface area contributed by atoms with Gasteiger partial charge in [-0.25, -0.2) is 0 Å². The number of carbonyl (C=O) groups excluding carboxylic acids is 1. The van der Waals surface area contributed by atoms with E-state index in [1.165, 1.54) is 0 Å². The Labute approximate surface area is 150 Å². The van der Waals surface area contributed by atoms with Crippen LogP contribution < -0.4 is 10.1 Å². The lowest BCUT2D eigenvalue weighted by molar-refractivity contribution is -0.122. The van der Waals surface area contributed by atoms with E-state index in [1.807, 2.05) is 18.2 Å². The number of carbonyl (C=O) groups is 1. The Bertz CT molecular complexity index is 570. The third-order valence-electron chi connectivity index (χ3n) is 5.55. The number of benzene rings is 1. The molecule has 25 heavy (non-hydrogen) atoms. The van der Waals surface area contributed by atoms with E-state index >= 15 is 0 Å². The predicted molar refractivity (Wildman–Crippen MR) is 97.9 cm³/mol. The SMILES string of the molecule is COCCN1CCC(CNC(=O)[C@@H]2C[C@H]2c2ccccc2OC)CC1. The number of hydrogen-bond acceptors (Lipinski definition) is 4. The van der Waals surface area contributed by atoms with Gasteiger partial charge in [-0.2, -0.15) is 0 Å². The summed E-state index contributed by atoms with van der Waals surface area (Å²) in [6, 6.07) is 8.04. The summed E-state index contributed by atoms with van der Waals surface area (Å²) in [5, 5.41) is 3.19. The fraction of sp³-hybridized carbons (Fsp3) is 0.650. The number of nitrogens with zero attached hydrogens (tertiary/aromatic N) is 1. The molecule has 0 unspecified atom stereocenters. The van der Waals surface area contributed by atoms with Crippen LogP contribution >= 0.6 is 0 Å². The van der Waals surface area contributed by atoms with Gasteiger partial charge in [-0.05, 0) is 55.8 Å². The summed E-state index contributed by atoms with van der Waals surface area (Å²) in [5.74, 6) is 2.13. The molecule has 3 rings (SSSR count). The molecule has 1 aliphatic heterocycles. The summed E-state index contributed by atoms with van der Waals surface area (Å²) >= 11 is 0. The highest BCUT2D eigenvalue weighted by molar-refractivity contribution is 5.83. The maximum absolute atomic E-state index is 12.5. The van der Waals surface area contributed by atoms with Gasteiger partial charge in [-0.3, -0.25) is 4.79 Å². The molecule has 1 saturated heterocycles. The van der Waals surface area contributed by atoms with Gasteiger partial charge >= 0.3 is 0 Å². The highest BCUT2D eigenvalue weighted by Gasteiger charge is 2.45. The second kappa shape index (κ2) is 8.68. The maximum atomic E-state index is 12.5. The third-order valence-corrected chi connectivity index (χ3v) is 5.55. The number of para-hydroxylation sites is 1. The second-order valence-corrected chi connectivity index (χ2v) is 7.21. The zero-order valence-electron chi connectivity index (χ0n) is 15.4. The monoisotopic (exact) mass is 346 g/mol. The van der Waals surface area contributed by atoms with Crippen LogP contribution in [0.2, 0.25) is 0 Å². The third kappa shape index (κ3) is 4.73. The Balaban J connectivity index is 1.40. The van der Waals surface area contributed by atoms with Crippen molar-refractivity contribution >= 4 is 5.91 Å². The summed E-state index contributed by atoms with van der Waals surface area (Å²) in [4.78, 5) is 14.9. The predicted octanol–water partition coefficient (Wildman–Crippen LogP) is 2.27. The molecule has 1 N–H and O–H groups in total. The lowest BCUT2D eigenvalue weighted by Gasteiger charge is -2.31. The van der Waals surface area contributed by atoms with Crippen molar-refractivity contribution in [3.63, 3.8) is 0 Å². The van der Waals surface area contributed by atoms with Crippen LogP contribution in [0.5, 0.6) is 5.75 Å². The highest BCUT2D eigenvalue weighted by atomic mass is 16.5. The molecule has 138 valence electrons. The molecule has 1 saturated carbocycles. The van der Waals surface area contributed by atoms with Crippen molar-refractivity contribution in [1.29, 1.82) is 0 Å². The average molecular weight is 346 g/mol. The number of methoxy groups -OCH3 is 2. The van der Waals surface area contributed by atoms with Crippen LogP contribution in [0.25, 0.3) is 0 Å². The van der Waals surface area contributed by atoms with E-state index in [9.17, 15) is 4.79 Å². The topological polar surface area (TPSA) is 50.8 Å². The van der Waals surface area contributed by atoms with Gasteiger partial charge in [0.1, 0.15) is 5.75 Å². The fourth-order valence-corrected chi connectivity index (χ4v) is 3.81. The van der Waals surface area contributed by atoms with Gasteiger partial charge in [0.2, 0.25) is 5.91 Å². The molecule has 2 aliphatic rings. The van der Waals surface area contributed by atoms with Crippen molar-refractivity contribution in [1.82, 2.24) is 10.2 Å². The standard InChI is InChI=1S/C20H30N2O3/c1-24-12-11-22-9-7-15(8-10-22)14-21-20(23)18-13-17(18)16-5-3-4-6-19(16)25-2/h3-6,15,17-18H,7-14H2,1-2H3,(H,21,23)/t17-,18+/m0/s1. The maximum Gasteiger partial charge on any atom is 0.223 e. The van der Waals surface area contributed by atoms with Gasteiger partial charge in [0.05, 0.1) is 13.7 Å². The van der Waals surface area contributed by atoms with Crippen LogP contribution in [0.1, 0.15) is 30.7 Å². The Morgan fingerprint density at radius 1 is 1.24 bits per heavy atom. The zero-order chi connectivity index (χ0) is 17.6. The van der Waals surface area contributed by atoms with Crippen LogP contribution in [0.3, 0.4) is 0 Å². The van der Waals surface area contributed by atoms with Crippen LogP contribution in [0, 0.1) is 11.8 Å². The van der Waals surface area contributed by atoms with Crippen LogP contribution in [-0.4, -0.2) is 57.8 Å². The first kappa shape index (κ1) is 18.2. The average Bonchev–Trinajstić information content (AvgIpc) is 3.46. The minimum Gasteiger partial charge on any atom is -0.496 e. The van der Waals surface area contributed by atoms with Gasteiger partial charge in [-0.1, -0.05) is 18.2 Å². The molecule has 1 heterocycles. The van der Waals surface area contributed by atoms with Crippen LogP contribution in [0.4, 0.5) is 0 Å². The Morgan fingerprint density at radius 2 is 2.00 bits per heavy atom. The van der Waals surface area contributed by atoms with E-state index < -0.39 is 0 Å². The molecule has 2 atom stereocenters. The van der Waals surface area contributed by atoms with Crippen molar-refractivity contribution in [2.45, 2.75) is 25.2 Å². The first-order valence-electron chi connectivity index (χ1n) is 9.34. The number of nitrogens with one attached hydrogen (secondary N) is 1. The molecule has 5 nitrogen and oxygen atoms in total. The number of hydrogen-bond donors (Lipinski definition) is 1. The van der Waals surface area contributed by atoms with Gasteiger partial charge in [0.25, 0.3) is 0 Å². The van der Waals surface area contributed by atoms with Gasteiger partial charge in [0, 0.05) is 26.1 Å². The molecular formula is C20H30N2O3. The lowest BCUT2D eigenvalue weighted by Crippen LogP contribution is -2.40. The molecule has 5 heteroatoms. The summed E-state index contributed by atoms with van der Waals surface area (Å²) in [7, 11) is 3.44. The van der Waals surface area contributed by atoms with E-state index in [-0.39, 0.29) is 11.8 Å². The van der Waals surface area contributed by atoms with E-state index in [0.717, 1.165) is 63.4 Å². The Hall–Kier alpha value is -1.59. The molecule has 0 radical (unpaired) electrons. The number of ether oxygens (including phenoxy) is 2. The van der Waals surface area contributed by atoms with Gasteiger partial charge < -0.3 is 19.7 Å². The number of piperidine rings is 1. The van der Waals surface area contributed by atoms with Crippen molar-refractivity contribution in [2.24, 2.45) is 11.8 Å². The van der Waals surface area contributed by atoms with E-state index in [1.54, 1.807) is 14.2 Å². The largest absolute Gasteiger partial charge is 0.496 e. The molecule has 1 aromatic rings.